The van der Waals surface area contributed by atoms with E-state index in [0.717, 1.165) is 74.5 Å². The quantitative estimate of drug-likeness (QED) is 0.242. The van der Waals surface area contributed by atoms with Crippen molar-refractivity contribution in [1.29, 1.82) is 0 Å². The van der Waals surface area contributed by atoms with Crippen LogP contribution in [0.5, 0.6) is 0 Å². The van der Waals surface area contributed by atoms with Gasteiger partial charge >= 0.3 is 11.8 Å². The molecule has 10 nitrogen and oxygen atoms in total. The number of amides is 3. The number of nitrogens with zero attached hydrogens (tertiary/aromatic N) is 4. The number of nitrogens with two attached hydrogens (primary N) is 1. The summed E-state index contributed by atoms with van der Waals surface area (Å²) in [6.45, 7) is 6.11. The maximum atomic E-state index is 12.9. The molecule has 6 rings (SSSR count). The molecule has 3 aromatic rings. The third kappa shape index (κ3) is 8.18. The number of thioether (sulfide) groups is 1. The Morgan fingerprint density at radius 2 is 1.85 bits per heavy atom. The number of carbonyl (C=O) groups excluding carboxylic acids is 3. The van der Waals surface area contributed by atoms with Crippen LogP contribution in [0.15, 0.2) is 36.4 Å². The van der Waals surface area contributed by atoms with Crippen LogP contribution in [0, 0.1) is 11.8 Å². The summed E-state index contributed by atoms with van der Waals surface area (Å²) >= 11 is 15.0. The van der Waals surface area contributed by atoms with Gasteiger partial charge in [0.2, 0.25) is 0 Å². The fourth-order valence-electron chi connectivity index (χ4n) is 6.43. The smallest absolute Gasteiger partial charge is 0.311 e. The second-order valence-electron chi connectivity index (χ2n) is 12.3. The minimum atomic E-state index is -0.968. The first-order chi connectivity index (χ1) is 23.3. The van der Waals surface area contributed by atoms with E-state index in [1.54, 1.807) is 24.3 Å². The number of aromatic nitrogens is 2. The molecular formula is C35H39Cl2N7O3S. The van der Waals surface area contributed by atoms with Crippen LogP contribution in [0.25, 0.3) is 11.3 Å². The minimum Gasteiger partial charge on any atom is -0.361 e. The molecule has 252 valence electrons. The number of benzene rings is 2. The van der Waals surface area contributed by atoms with E-state index in [9.17, 15) is 14.4 Å². The first-order valence-electron chi connectivity index (χ1n) is 16.4. The zero-order valence-electron chi connectivity index (χ0n) is 26.7. The highest BCUT2D eigenvalue weighted by molar-refractivity contribution is 7.99. The summed E-state index contributed by atoms with van der Waals surface area (Å²) in [7, 11) is 0. The average molecular weight is 709 g/mol. The highest BCUT2D eigenvalue weighted by atomic mass is 35.5. The van der Waals surface area contributed by atoms with Crippen LogP contribution >= 0.6 is 35.0 Å². The van der Waals surface area contributed by atoms with Crippen LogP contribution in [-0.2, 0) is 29.1 Å². The molecule has 3 aliphatic rings. The summed E-state index contributed by atoms with van der Waals surface area (Å²) in [5.74, 6) is 6.73. The number of nitrogens with one attached hydrogen (secondary N) is 2. The topological polar surface area (TPSA) is 126 Å². The molecule has 1 atom stereocenters. The van der Waals surface area contributed by atoms with Crippen LogP contribution < -0.4 is 16.4 Å². The lowest BCUT2D eigenvalue weighted by Crippen LogP contribution is -2.43. The fourth-order valence-corrected chi connectivity index (χ4v) is 7.78. The van der Waals surface area contributed by atoms with Crippen molar-refractivity contribution in [2.75, 3.05) is 50.8 Å². The number of primary amides is 1. The van der Waals surface area contributed by atoms with Gasteiger partial charge in [0.15, 0.2) is 0 Å². The van der Waals surface area contributed by atoms with Gasteiger partial charge < -0.3 is 26.2 Å². The Balaban J connectivity index is 1.25. The maximum absolute atomic E-state index is 12.9. The van der Waals surface area contributed by atoms with Crippen LogP contribution in [0.3, 0.4) is 0 Å². The monoisotopic (exact) mass is 707 g/mol. The predicted molar refractivity (Wildman–Crippen MR) is 190 cm³/mol. The van der Waals surface area contributed by atoms with Gasteiger partial charge in [-0.25, -0.2) is 0 Å². The fraction of sp³-hybridized carbons (Fsp3) is 0.429. The molecule has 0 unspecified atom stereocenters. The van der Waals surface area contributed by atoms with Crippen molar-refractivity contribution in [1.82, 2.24) is 30.2 Å². The summed E-state index contributed by atoms with van der Waals surface area (Å²) in [5.41, 5.74) is 10.4. The molecule has 0 spiro atoms. The van der Waals surface area contributed by atoms with Crippen molar-refractivity contribution in [3.63, 3.8) is 0 Å². The van der Waals surface area contributed by atoms with E-state index in [-0.39, 0.29) is 18.5 Å². The Morgan fingerprint density at radius 3 is 2.62 bits per heavy atom. The predicted octanol–water partition coefficient (Wildman–Crippen LogP) is 3.55. The molecule has 1 aromatic heterocycles. The molecule has 0 saturated carbocycles. The van der Waals surface area contributed by atoms with E-state index >= 15 is 0 Å². The van der Waals surface area contributed by atoms with Crippen molar-refractivity contribution in [3.05, 3.63) is 74.4 Å². The van der Waals surface area contributed by atoms with Gasteiger partial charge in [-0.15, -0.1) is 0 Å². The third-order valence-corrected chi connectivity index (χ3v) is 10.6. The van der Waals surface area contributed by atoms with E-state index in [1.165, 1.54) is 16.4 Å². The van der Waals surface area contributed by atoms with E-state index in [0.29, 0.717) is 46.2 Å². The molecule has 48 heavy (non-hydrogen) atoms. The summed E-state index contributed by atoms with van der Waals surface area (Å²) in [4.78, 5) is 41.2. The Kier molecular flexibility index (Phi) is 11.3. The second-order valence-corrected chi connectivity index (χ2v) is 14.3. The second kappa shape index (κ2) is 15.8. The van der Waals surface area contributed by atoms with Crippen molar-refractivity contribution >= 4 is 52.7 Å². The van der Waals surface area contributed by atoms with Gasteiger partial charge in [0.25, 0.3) is 5.91 Å². The Bertz CT molecular complexity index is 1760. The van der Waals surface area contributed by atoms with E-state index in [4.69, 9.17) is 34.0 Å². The van der Waals surface area contributed by atoms with E-state index < -0.39 is 11.8 Å². The van der Waals surface area contributed by atoms with E-state index in [1.807, 2.05) is 23.9 Å². The van der Waals surface area contributed by atoms with Gasteiger partial charge in [-0.05, 0) is 62.7 Å². The number of hydrogen-bond acceptors (Lipinski definition) is 7. The molecule has 4 N–H and O–H groups in total. The van der Waals surface area contributed by atoms with Gasteiger partial charge in [-0.1, -0.05) is 41.1 Å². The molecular weight excluding hydrogens is 669 g/mol. The molecule has 0 aliphatic carbocycles. The minimum absolute atomic E-state index is 0.239. The molecule has 2 aromatic carbocycles. The van der Waals surface area contributed by atoms with Crippen molar-refractivity contribution in [2.24, 2.45) is 5.73 Å². The third-order valence-electron chi connectivity index (χ3n) is 9.04. The van der Waals surface area contributed by atoms with Crippen molar-refractivity contribution in [2.45, 2.75) is 44.8 Å². The largest absolute Gasteiger partial charge is 0.361 e. The van der Waals surface area contributed by atoms with Gasteiger partial charge in [0, 0.05) is 84.6 Å². The van der Waals surface area contributed by atoms with Gasteiger partial charge in [-0.3, -0.25) is 19.1 Å². The van der Waals surface area contributed by atoms with Crippen LogP contribution in [0.1, 0.15) is 52.0 Å². The van der Waals surface area contributed by atoms with Gasteiger partial charge in [0.1, 0.15) is 0 Å². The molecule has 2 saturated heterocycles. The lowest BCUT2D eigenvalue weighted by atomic mass is 9.99. The number of hydrogen-bond donors (Lipinski definition) is 3. The van der Waals surface area contributed by atoms with E-state index in [2.05, 4.69) is 32.1 Å². The van der Waals surface area contributed by atoms with Crippen LogP contribution in [0.4, 0.5) is 0 Å². The first kappa shape index (κ1) is 34.3. The molecule has 0 radical (unpaired) electrons. The molecule has 3 aliphatic heterocycles. The molecule has 2 fully saturated rings. The normalized spacial score (nSPS) is 17.8. The van der Waals surface area contributed by atoms with Crippen LogP contribution in [0.2, 0.25) is 10.0 Å². The number of aryl methyl sites for hydroxylation is 1. The Hall–Kier alpha value is -3.53. The maximum Gasteiger partial charge on any atom is 0.311 e. The standard InChI is InChI=1S/C35H39Cl2N7O3S/c36-29-9-7-25(20-24(29)6-4-23-5-8-30(37)27(19-23)34(46)40-21-26-3-1-11-39-26)32-28-22-43(35(47)33(38)45)14-10-31(28)44(41-32)13-2-12-42-15-17-48-18-16-42/h5,7-9,19-20,26,39H,1-3,10-18,21-22H2,(H2,38,45)(H,40,46)/t26-/m0/s1. The summed E-state index contributed by atoms with van der Waals surface area (Å²) < 4.78 is 2.05. The highest BCUT2D eigenvalue weighted by Crippen LogP contribution is 2.32. The average Bonchev–Trinajstić information content (AvgIpc) is 3.75. The lowest BCUT2D eigenvalue weighted by Gasteiger charge is -2.27. The number of rotatable bonds is 8. The number of halogens is 2. The summed E-state index contributed by atoms with van der Waals surface area (Å²) in [6, 6.07) is 11.0. The first-order valence-corrected chi connectivity index (χ1v) is 18.3. The SMILES string of the molecule is NC(=O)C(=O)N1CCc2c(c(-c3ccc(Cl)c(C#Cc4ccc(Cl)c(C(=O)NC[C@@H]5CCCN5)c4)c3)nn2CCCN2CCSCC2)C1. The lowest BCUT2D eigenvalue weighted by molar-refractivity contribution is -0.144. The molecule has 4 heterocycles. The number of fused-ring (bicyclic) bond motifs is 1. The molecule has 3 amide bonds. The van der Waals surface area contributed by atoms with Gasteiger partial charge in [-0.2, -0.15) is 16.9 Å². The highest BCUT2D eigenvalue weighted by Gasteiger charge is 2.30. The Morgan fingerprint density at radius 1 is 1.04 bits per heavy atom. The van der Waals surface area contributed by atoms with Crippen molar-refractivity contribution < 1.29 is 14.4 Å². The zero-order chi connectivity index (χ0) is 33.6. The molecule has 0 bridgehead atoms. The Labute approximate surface area is 295 Å². The van der Waals surface area contributed by atoms with Crippen LogP contribution in [-0.4, -0.2) is 94.1 Å². The zero-order valence-corrected chi connectivity index (χ0v) is 29.0. The summed E-state index contributed by atoms with van der Waals surface area (Å²) in [5, 5.41) is 12.2. The number of carbonyl (C=O) groups is 3. The van der Waals surface area contributed by atoms with Gasteiger partial charge in [0.05, 0.1) is 27.8 Å². The molecule has 13 heteroatoms. The summed E-state index contributed by atoms with van der Waals surface area (Å²) in [6.07, 6.45) is 3.67. The van der Waals surface area contributed by atoms with Crippen molar-refractivity contribution in [3.8, 4) is 23.1 Å².